The van der Waals surface area contributed by atoms with Gasteiger partial charge in [0.2, 0.25) is 0 Å². The average Bonchev–Trinajstić information content (AvgIpc) is 2.31. The van der Waals surface area contributed by atoms with Crippen molar-refractivity contribution < 1.29 is 5.32 Å². The molecule has 2 N–H and O–H groups in total. The van der Waals surface area contributed by atoms with Crippen molar-refractivity contribution in [3.05, 3.63) is 59.1 Å². The van der Waals surface area contributed by atoms with Gasteiger partial charge < -0.3 is 5.32 Å². The number of benzene rings is 1. The number of fused-ring (bicyclic) bond motifs is 1. The normalized spacial score (nSPS) is 22.9. The first-order valence-corrected chi connectivity index (χ1v) is 6.89. The minimum atomic E-state index is 0.513. The minimum Gasteiger partial charge on any atom is -0.337 e. The summed E-state index contributed by atoms with van der Waals surface area (Å²) < 4.78 is 1.24. The smallest absolute Gasteiger partial charge is 0.116 e. The second-order valence-electron chi connectivity index (χ2n) is 4.62. The third-order valence-electron chi connectivity index (χ3n) is 3.42. The van der Waals surface area contributed by atoms with Gasteiger partial charge >= 0.3 is 0 Å². The fourth-order valence-electron chi connectivity index (χ4n) is 2.66. The zero-order chi connectivity index (χ0) is 12.3. The van der Waals surface area contributed by atoms with Crippen molar-refractivity contribution in [3.63, 3.8) is 0 Å². The van der Waals surface area contributed by atoms with E-state index in [4.69, 9.17) is 0 Å². The van der Waals surface area contributed by atoms with Crippen LogP contribution in [0, 0.1) is 0 Å². The third-order valence-corrected chi connectivity index (χ3v) is 4.16. The largest absolute Gasteiger partial charge is 0.337 e. The Morgan fingerprint density at radius 2 is 2.06 bits per heavy atom. The number of hydrogen-bond donors (Lipinski definition) is 1. The van der Waals surface area contributed by atoms with E-state index in [9.17, 15) is 0 Å². The van der Waals surface area contributed by atoms with Crippen LogP contribution in [0.25, 0.3) is 0 Å². The fourth-order valence-corrected chi connectivity index (χ4v) is 3.20. The standard InChI is InChI=1S/C15H18BrN/c1-3-6-11-10-13-12(8-5-9-14(13)16)15(17-11)7-4-2/h3-5,8-9,11,15,17H,1-2,6-7,10H2/p+1/t11-,15+/m1/s1. The van der Waals surface area contributed by atoms with Crippen LogP contribution in [0.15, 0.2) is 48.0 Å². The molecule has 0 aromatic heterocycles. The van der Waals surface area contributed by atoms with Gasteiger partial charge in [-0.3, -0.25) is 0 Å². The van der Waals surface area contributed by atoms with Gasteiger partial charge in [0.15, 0.2) is 0 Å². The molecule has 0 spiro atoms. The molecule has 1 aliphatic rings. The van der Waals surface area contributed by atoms with Crippen molar-refractivity contribution in [3.8, 4) is 0 Å². The van der Waals surface area contributed by atoms with Crippen LogP contribution in [-0.2, 0) is 6.42 Å². The van der Waals surface area contributed by atoms with E-state index in [0.717, 1.165) is 19.3 Å². The van der Waals surface area contributed by atoms with E-state index in [1.165, 1.54) is 15.6 Å². The summed E-state index contributed by atoms with van der Waals surface area (Å²) in [5.41, 5.74) is 2.92. The van der Waals surface area contributed by atoms with Crippen LogP contribution in [0.3, 0.4) is 0 Å². The van der Waals surface area contributed by atoms with Crippen molar-refractivity contribution in [2.75, 3.05) is 0 Å². The number of nitrogens with two attached hydrogens (primary N) is 1. The Kier molecular flexibility index (Phi) is 4.19. The van der Waals surface area contributed by atoms with E-state index in [1.54, 1.807) is 0 Å². The predicted molar refractivity (Wildman–Crippen MR) is 75.9 cm³/mol. The van der Waals surface area contributed by atoms with Gasteiger partial charge in [-0.1, -0.05) is 40.2 Å². The maximum Gasteiger partial charge on any atom is 0.116 e. The summed E-state index contributed by atoms with van der Waals surface area (Å²) in [6, 6.07) is 7.64. The summed E-state index contributed by atoms with van der Waals surface area (Å²) in [6.07, 6.45) is 7.25. The van der Waals surface area contributed by atoms with E-state index in [2.05, 4.69) is 52.6 Å². The molecule has 90 valence electrons. The number of rotatable bonds is 4. The Morgan fingerprint density at radius 3 is 2.76 bits per heavy atom. The molecule has 2 rings (SSSR count). The van der Waals surface area contributed by atoms with Gasteiger partial charge in [-0.2, -0.15) is 0 Å². The Labute approximate surface area is 112 Å². The molecule has 0 radical (unpaired) electrons. The zero-order valence-corrected chi connectivity index (χ0v) is 11.6. The predicted octanol–water partition coefficient (Wildman–Crippen LogP) is 3.13. The Balaban J connectivity index is 2.34. The highest BCUT2D eigenvalue weighted by atomic mass is 79.9. The highest BCUT2D eigenvalue weighted by Crippen LogP contribution is 2.29. The second-order valence-corrected chi connectivity index (χ2v) is 5.47. The molecule has 0 saturated heterocycles. The first-order valence-electron chi connectivity index (χ1n) is 6.10. The lowest BCUT2D eigenvalue weighted by Crippen LogP contribution is -2.92. The Hall–Kier alpha value is -0.860. The van der Waals surface area contributed by atoms with Crippen molar-refractivity contribution in [2.24, 2.45) is 0 Å². The van der Waals surface area contributed by atoms with Crippen LogP contribution in [0.1, 0.15) is 30.0 Å². The minimum absolute atomic E-state index is 0.513. The van der Waals surface area contributed by atoms with Crippen LogP contribution >= 0.6 is 15.9 Å². The molecule has 0 fully saturated rings. The van der Waals surface area contributed by atoms with Crippen LogP contribution in [0.5, 0.6) is 0 Å². The maximum absolute atomic E-state index is 3.87. The molecule has 1 aromatic carbocycles. The monoisotopic (exact) mass is 292 g/mol. The summed E-state index contributed by atoms with van der Waals surface area (Å²) in [5.74, 6) is 0. The third kappa shape index (κ3) is 2.70. The second kappa shape index (κ2) is 5.65. The van der Waals surface area contributed by atoms with Crippen molar-refractivity contribution in [2.45, 2.75) is 31.3 Å². The van der Waals surface area contributed by atoms with Gasteiger partial charge in [-0.25, -0.2) is 0 Å². The van der Waals surface area contributed by atoms with Crippen LogP contribution in [0.4, 0.5) is 0 Å². The Bertz CT molecular complexity index is 425. The molecule has 1 aliphatic heterocycles. The number of quaternary nitrogens is 1. The molecule has 0 amide bonds. The maximum atomic E-state index is 3.87. The van der Waals surface area contributed by atoms with E-state index < -0.39 is 0 Å². The van der Waals surface area contributed by atoms with Gasteiger partial charge in [0, 0.05) is 29.3 Å². The van der Waals surface area contributed by atoms with Crippen LogP contribution in [-0.4, -0.2) is 6.04 Å². The number of hydrogen-bond acceptors (Lipinski definition) is 0. The summed E-state index contributed by atoms with van der Waals surface area (Å²) in [4.78, 5) is 0. The van der Waals surface area contributed by atoms with E-state index >= 15 is 0 Å². The molecule has 1 nitrogen and oxygen atoms in total. The molecule has 17 heavy (non-hydrogen) atoms. The molecular weight excluding hydrogens is 274 g/mol. The van der Waals surface area contributed by atoms with Crippen LogP contribution < -0.4 is 5.32 Å². The van der Waals surface area contributed by atoms with Crippen molar-refractivity contribution >= 4 is 15.9 Å². The SMILES string of the molecule is C=CC[C@@H]1Cc2c(Br)cccc2[C@H](CC=C)[NH2+]1. The molecule has 2 heteroatoms. The van der Waals surface area contributed by atoms with E-state index in [0.29, 0.717) is 12.1 Å². The molecule has 1 heterocycles. The fraction of sp³-hybridized carbons (Fsp3) is 0.333. The lowest BCUT2D eigenvalue weighted by molar-refractivity contribution is -0.730. The first-order chi connectivity index (χ1) is 8.26. The zero-order valence-electron chi connectivity index (χ0n) is 10.0. The molecule has 0 bridgehead atoms. The van der Waals surface area contributed by atoms with Crippen LogP contribution in [0.2, 0.25) is 0 Å². The molecule has 2 atom stereocenters. The van der Waals surface area contributed by atoms with E-state index in [-0.39, 0.29) is 0 Å². The van der Waals surface area contributed by atoms with Gasteiger partial charge in [0.25, 0.3) is 0 Å². The summed E-state index contributed by atoms with van der Waals surface area (Å²) in [6.45, 7) is 7.72. The van der Waals surface area contributed by atoms with Gasteiger partial charge in [-0.05, 0) is 11.6 Å². The topological polar surface area (TPSA) is 16.6 Å². The van der Waals surface area contributed by atoms with Gasteiger partial charge in [0.1, 0.15) is 6.04 Å². The summed E-state index contributed by atoms with van der Waals surface area (Å²) in [7, 11) is 0. The lowest BCUT2D eigenvalue weighted by Gasteiger charge is -2.29. The van der Waals surface area contributed by atoms with Gasteiger partial charge in [0.05, 0.1) is 6.04 Å². The molecule has 0 aliphatic carbocycles. The molecular formula is C15H19BrN+. The lowest BCUT2D eigenvalue weighted by atomic mass is 9.87. The summed E-state index contributed by atoms with van der Waals surface area (Å²) >= 11 is 3.67. The van der Waals surface area contributed by atoms with Crippen molar-refractivity contribution in [1.82, 2.24) is 0 Å². The highest BCUT2D eigenvalue weighted by molar-refractivity contribution is 9.10. The average molecular weight is 293 g/mol. The molecule has 1 aromatic rings. The quantitative estimate of drug-likeness (QED) is 0.821. The molecule has 0 unspecified atom stereocenters. The number of halogens is 1. The van der Waals surface area contributed by atoms with Gasteiger partial charge in [-0.15, -0.1) is 13.2 Å². The van der Waals surface area contributed by atoms with Crippen molar-refractivity contribution in [1.29, 1.82) is 0 Å². The summed E-state index contributed by atoms with van der Waals surface area (Å²) in [5, 5.41) is 2.47. The molecule has 0 saturated carbocycles. The first kappa shape index (κ1) is 12.6. The highest BCUT2D eigenvalue weighted by Gasteiger charge is 2.29. The Morgan fingerprint density at radius 1 is 1.29 bits per heavy atom. The van der Waals surface area contributed by atoms with E-state index in [1.807, 2.05) is 12.2 Å².